The number of carbonyl (C=O) groups excluding carboxylic acids is 1. The zero-order chi connectivity index (χ0) is 14.6. The molecular weight excluding hydrogens is 256 g/mol. The second kappa shape index (κ2) is 6.05. The van der Waals surface area contributed by atoms with Crippen LogP contribution in [0.2, 0.25) is 0 Å². The number of benzene rings is 1. The van der Waals surface area contributed by atoms with E-state index in [9.17, 15) is 9.59 Å². The van der Waals surface area contributed by atoms with E-state index in [1.165, 1.54) is 0 Å². The Bertz CT molecular complexity index is 490. The van der Waals surface area contributed by atoms with Gasteiger partial charge in [0.1, 0.15) is 0 Å². The van der Waals surface area contributed by atoms with Crippen LogP contribution in [0.3, 0.4) is 0 Å². The minimum absolute atomic E-state index is 0.0390. The molecule has 1 aliphatic heterocycles. The van der Waals surface area contributed by atoms with Crippen LogP contribution in [0.15, 0.2) is 24.3 Å². The topological polar surface area (TPSA) is 78.4 Å². The number of carbonyl (C=O) groups is 2. The van der Waals surface area contributed by atoms with Crippen LogP contribution < -0.4 is 10.6 Å². The second-order valence-electron chi connectivity index (χ2n) is 5.37. The maximum Gasteiger partial charge on any atom is 0.335 e. The van der Waals surface area contributed by atoms with Gasteiger partial charge in [-0.15, -0.1) is 0 Å². The van der Waals surface area contributed by atoms with Crippen molar-refractivity contribution in [2.24, 2.45) is 0 Å². The molecule has 5 heteroatoms. The summed E-state index contributed by atoms with van der Waals surface area (Å²) in [5.74, 6) is -0.887. The van der Waals surface area contributed by atoms with E-state index in [1.54, 1.807) is 24.3 Å². The van der Waals surface area contributed by atoms with Crippen molar-refractivity contribution in [3.63, 3.8) is 0 Å². The van der Waals surface area contributed by atoms with Crippen molar-refractivity contribution in [2.75, 3.05) is 13.1 Å². The fourth-order valence-electron chi connectivity index (χ4n) is 2.42. The highest BCUT2D eigenvalue weighted by Crippen LogP contribution is 2.18. The van der Waals surface area contributed by atoms with E-state index in [0.29, 0.717) is 13.0 Å². The lowest BCUT2D eigenvalue weighted by Crippen LogP contribution is -2.51. The summed E-state index contributed by atoms with van der Waals surface area (Å²) in [7, 11) is 0. The molecule has 1 amide bonds. The van der Waals surface area contributed by atoms with E-state index in [4.69, 9.17) is 5.11 Å². The van der Waals surface area contributed by atoms with Crippen LogP contribution in [0.4, 0.5) is 0 Å². The Morgan fingerprint density at radius 3 is 2.60 bits per heavy atom. The summed E-state index contributed by atoms with van der Waals surface area (Å²) in [5.41, 5.74) is 0.855. The van der Waals surface area contributed by atoms with Gasteiger partial charge in [0.05, 0.1) is 11.1 Å². The smallest absolute Gasteiger partial charge is 0.335 e. The highest BCUT2D eigenvalue weighted by molar-refractivity contribution is 5.87. The van der Waals surface area contributed by atoms with Crippen LogP contribution in [-0.4, -0.2) is 35.6 Å². The van der Waals surface area contributed by atoms with Gasteiger partial charge in [-0.25, -0.2) is 4.79 Å². The lowest BCUT2D eigenvalue weighted by molar-refractivity contribution is -0.126. The summed E-state index contributed by atoms with van der Waals surface area (Å²) in [6, 6.07) is 6.73. The maximum absolute atomic E-state index is 12.0. The molecule has 1 aromatic carbocycles. The number of amides is 1. The zero-order valence-corrected chi connectivity index (χ0v) is 11.6. The predicted molar refractivity (Wildman–Crippen MR) is 75.8 cm³/mol. The molecule has 1 fully saturated rings. The third-order valence-electron chi connectivity index (χ3n) is 3.77. The summed E-state index contributed by atoms with van der Waals surface area (Å²) in [6.45, 7) is 3.38. The standard InChI is InChI=1S/C15H20N2O3/c1-15(8-2-9-17-15)14(20)16-10-7-11-3-5-12(6-4-11)13(18)19/h3-6,17H,2,7-10H2,1H3,(H,16,20)(H,18,19). The molecule has 0 bridgehead atoms. The summed E-state index contributed by atoms with van der Waals surface area (Å²) in [6.07, 6.45) is 2.59. The molecule has 0 spiro atoms. The van der Waals surface area contributed by atoms with Crippen LogP contribution in [0.25, 0.3) is 0 Å². The third-order valence-corrected chi connectivity index (χ3v) is 3.77. The van der Waals surface area contributed by atoms with Gasteiger partial charge in [0.25, 0.3) is 0 Å². The van der Waals surface area contributed by atoms with Crippen molar-refractivity contribution in [1.82, 2.24) is 10.6 Å². The molecule has 0 radical (unpaired) electrons. The Morgan fingerprint density at radius 2 is 2.05 bits per heavy atom. The minimum Gasteiger partial charge on any atom is -0.478 e. The molecule has 5 nitrogen and oxygen atoms in total. The first kappa shape index (κ1) is 14.5. The second-order valence-corrected chi connectivity index (χ2v) is 5.37. The minimum atomic E-state index is -0.926. The van der Waals surface area contributed by atoms with Crippen molar-refractivity contribution >= 4 is 11.9 Å². The number of hydrogen-bond acceptors (Lipinski definition) is 3. The van der Waals surface area contributed by atoms with Crippen molar-refractivity contribution < 1.29 is 14.7 Å². The summed E-state index contributed by atoms with van der Waals surface area (Å²) < 4.78 is 0. The Labute approximate surface area is 118 Å². The zero-order valence-electron chi connectivity index (χ0n) is 11.6. The molecule has 1 saturated heterocycles. The quantitative estimate of drug-likeness (QED) is 0.754. The lowest BCUT2D eigenvalue weighted by atomic mass is 9.99. The van der Waals surface area contributed by atoms with Crippen LogP contribution in [0.1, 0.15) is 35.7 Å². The molecule has 3 N–H and O–H groups in total. The number of carboxylic acids is 1. The van der Waals surface area contributed by atoms with E-state index in [-0.39, 0.29) is 11.5 Å². The Kier molecular flexibility index (Phi) is 4.39. The monoisotopic (exact) mass is 276 g/mol. The van der Waals surface area contributed by atoms with Gasteiger partial charge in [0.2, 0.25) is 5.91 Å². The maximum atomic E-state index is 12.0. The Balaban J connectivity index is 1.81. The van der Waals surface area contributed by atoms with Gasteiger partial charge < -0.3 is 15.7 Å². The van der Waals surface area contributed by atoms with Gasteiger partial charge >= 0.3 is 5.97 Å². The number of hydrogen-bond donors (Lipinski definition) is 3. The summed E-state index contributed by atoms with van der Waals surface area (Å²) in [5, 5.41) is 15.0. The van der Waals surface area contributed by atoms with E-state index in [0.717, 1.165) is 24.9 Å². The first-order valence-electron chi connectivity index (χ1n) is 6.87. The molecule has 0 saturated carbocycles. The normalized spacial score (nSPS) is 21.6. The molecule has 1 heterocycles. The van der Waals surface area contributed by atoms with Crippen molar-refractivity contribution in [2.45, 2.75) is 31.7 Å². The highest BCUT2D eigenvalue weighted by atomic mass is 16.4. The molecule has 1 aromatic rings. The van der Waals surface area contributed by atoms with Gasteiger partial charge in [0.15, 0.2) is 0 Å². The van der Waals surface area contributed by atoms with Crippen LogP contribution >= 0.6 is 0 Å². The lowest BCUT2D eigenvalue weighted by Gasteiger charge is -2.23. The first-order chi connectivity index (χ1) is 9.51. The Morgan fingerprint density at radius 1 is 1.35 bits per heavy atom. The van der Waals surface area contributed by atoms with Gasteiger partial charge in [-0.3, -0.25) is 4.79 Å². The largest absolute Gasteiger partial charge is 0.478 e. The molecule has 2 rings (SSSR count). The highest BCUT2D eigenvalue weighted by Gasteiger charge is 2.35. The molecular formula is C15H20N2O3. The number of carboxylic acid groups (broad SMARTS) is 1. The van der Waals surface area contributed by atoms with Crippen LogP contribution in [-0.2, 0) is 11.2 Å². The molecule has 20 heavy (non-hydrogen) atoms. The number of aromatic carboxylic acids is 1. The fourth-order valence-corrected chi connectivity index (χ4v) is 2.42. The van der Waals surface area contributed by atoms with Gasteiger partial charge in [-0.2, -0.15) is 0 Å². The SMILES string of the molecule is CC1(C(=O)NCCc2ccc(C(=O)O)cc2)CCCN1. The average Bonchev–Trinajstić information content (AvgIpc) is 2.87. The fraction of sp³-hybridized carbons (Fsp3) is 0.467. The number of nitrogens with one attached hydrogen (secondary N) is 2. The van der Waals surface area contributed by atoms with Crippen molar-refractivity contribution in [1.29, 1.82) is 0 Å². The summed E-state index contributed by atoms with van der Waals surface area (Å²) >= 11 is 0. The van der Waals surface area contributed by atoms with Gasteiger partial charge in [-0.05, 0) is 50.4 Å². The molecule has 0 aliphatic carbocycles. The van der Waals surface area contributed by atoms with Crippen molar-refractivity contribution in [3.8, 4) is 0 Å². The molecule has 1 unspecified atom stereocenters. The van der Waals surface area contributed by atoms with Crippen LogP contribution in [0, 0.1) is 0 Å². The van der Waals surface area contributed by atoms with Gasteiger partial charge in [-0.1, -0.05) is 12.1 Å². The average molecular weight is 276 g/mol. The molecule has 108 valence electrons. The van der Waals surface area contributed by atoms with E-state index in [2.05, 4.69) is 10.6 Å². The molecule has 0 aromatic heterocycles. The van der Waals surface area contributed by atoms with E-state index < -0.39 is 11.5 Å². The predicted octanol–water partition coefficient (Wildman–Crippen LogP) is 1.19. The van der Waals surface area contributed by atoms with Gasteiger partial charge in [0, 0.05) is 6.54 Å². The first-order valence-corrected chi connectivity index (χ1v) is 6.87. The van der Waals surface area contributed by atoms with E-state index >= 15 is 0 Å². The summed E-state index contributed by atoms with van der Waals surface area (Å²) in [4.78, 5) is 22.8. The van der Waals surface area contributed by atoms with Crippen molar-refractivity contribution in [3.05, 3.63) is 35.4 Å². The van der Waals surface area contributed by atoms with E-state index in [1.807, 2.05) is 6.92 Å². The molecule has 1 aliphatic rings. The molecule has 1 atom stereocenters. The Hall–Kier alpha value is -1.88. The van der Waals surface area contributed by atoms with Crippen LogP contribution in [0.5, 0.6) is 0 Å². The third kappa shape index (κ3) is 3.36. The number of rotatable bonds is 5.